The third-order valence-corrected chi connectivity index (χ3v) is 17.8. The largest absolute Gasteiger partial charge is 0.394 e. The maximum absolute atomic E-state index is 12.3. The van der Waals surface area contributed by atoms with Crippen molar-refractivity contribution in [2.45, 2.75) is 195 Å². The zero-order valence-electron chi connectivity index (χ0n) is 38.9. The highest BCUT2D eigenvalue weighted by Gasteiger charge is 2.70. The number of fused-ring (bicyclic) bond motifs is 7. The summed E-state index contributed by atoms with van der Waals surface area (Å²) in [5, 5.41) is 137. The summed E-state index contributed by atoms with van der Waals surface area (Å²) in [5.41, 5.74) is -0.195. The number of aliphatic hydroxyl groups is 13. The molecule has 4 saturated heterocycles. The zero-order valence-corrected chi connectivity index (χ0v) is 38.9. The predicted molar refractivity (Wildman–Crippen MR) is 227 cm³/mol. The molecule has 0 amide bonds. The second-order valence-corrected chi connectivity index (χ2v) is 21.5. The molecule has 4 heterocycles. The number of allylic oxidation sites excluding steroid dienone is 1. The molecule has 0 radical (unpaired) electrons. The molecule has 21 heteroatoms. The van der Waals surface area contributed by atoms with Crippen molar-refractivity contribution >= 4 is 0 Å². The van der Waals surface area contributed by atoms with Crippen molar-refractivity contribution in [1.82, 2.24) is 0 Å². The van der Waals surface area contributed by atoms with E-state index < -0.39 is 141 Å². The molecule has 67 heavy (non-hydrogen) atoms. The van der Waals surface area contributed by atoms with Gasteiger partial charge in [0.1, 0.15) is 73.2 Å². The van der Waals surface area contributed by atoms with Crippen LogP contribution in [0.3, 0.4) is 0 Å². The summed E-state index contributed by atoms with van der Waals surface area (Å²) in [6.07, 6.45) is -19.2. The van der Waals surface area contributed by atoms with Crippen LogP contribution in [-0.4, -0.2) is 222 Å². The maximum atomic E-state index is 12.3. The molecule has 21 nitrogen and oxygen atoms in total. The first kappa shape index (κ1) is 52.2. The van der Waals surface area contributed by atoms with Crippen LogP contribution in [0, 0.1) is 46.3 Å². The van der Waals surface area contributed by atoms with Gasteiger partial charge in [-0.3, -0.25) is 0 Å². The first-order valence-corrected chi connectivity index (χ1v) is 24.1. The molecular weight excluding hydrogens is 888 g/mol. The Hall–Kier alpha value is -1.10. The third kappa shape index (κ3) is 9.00. The van der Waals surface area contributed by atoms with E-state index in [0.717, 1.165) is 12.0 Å². The van der Waals surface area contributed by atoms with Crippen LogP contribution in [0.1, 0.15) is 72.6 Å². The molecule has 28 atom stereocenters. The summed E-state index contributed by atoms with van der Waals surface area (Å²) in [7, 11) is 1.65. The molecule has 28 unspecified atom stereocenters. The van der Waals surface area contributed by atoms with Gasteiger partial charge in [-0.05, 0) is 67.1 Å². The Morgan fingerprint density at radius 3 is 1.88 bits per heavy atom. The fraction of sp³-hybridized carbons (Fsp3) is 0.957. The average molecular weight is 965 g/mol. The average Bonchev–Trinajstić information content (AvgIpc) is 3.75. The Morgan fingerprint density at radius 1 is 0.716 bits per heavy atom. The van der Waals surface area contributed by atoms with Gasteiger partial charge in [0, 0.05) is 31.3 Å². The minimum absolute atomic E-state index is 0.0390. The summed E-state index contributed by atoms with van der Waals surface area (Å²) in [4.78, 5) is 0. The molecule has 4 aliphatic carbocycles. The van der Waals surface area contributed by atoms with E-state index >= 15 is 0 Å². The van der Waals surface area contributed by atoms with Gasteiger partial charge in [0.05, 0.1) is 50.8 Å². The summed E-state index contributed by atoms with van der Waals surface area (Å²) < 4.78 is 47.7. The van der Waals surface area contributed by atoms with Gasteiger partial charge in [0.2, 0.25) is 0 Å². The standard InChI is InChI=1S/C46H76O21/c1-18(16-61-41-38(57)35(54)32(51)26(14-47)64-41)8-9-46(60-5)19(2)30-25(67-46)12-23-22-7-6-20-10-21(11-29(50)45(20,4)31(22)24(49)13-44(23,30)3)63-43-40(59)37(56)34(53)28(66-43)17-62-42-39(58)36(55)33(52)27(15-48)65-42/h6,18-19,21-43,47-59H,7-17H2,1-5H3. The van der Waals surface area contributed by atoms with Gasteiger partial charge in [-0.25, -0.2) is 0 Å². The lowest BCUT2D eigenvalue weighted by Crippen LogP contribution is -2.63. The number of ether oxygens (including phenoxy) is 8. The van der Waals surface area contributed by atoms with E-state index in [9.17, 15) is 66.4 Å². The first-order chi connectivity index (χ1) is 31.6. The second kappa shape index (κ2) is 20.1. The SMILES string of the molecule is COC1(CCC(C)COC2OC(CO)C(O)C(O)C2O)OC2CC3C4CC=C5CC(OC6OC(COC7OC(CO)C(O)C(O)C7O)C(O)C(O)C6O)CC(O)C5(C)C4C(O)CC3(C)C2C1C. The van der Waals surface area contributed by atoms with E-state index in [4.69, 9.17) is 37.9 Å². The highest BCUT2D eigenvalue weighted by atomic mass is 16.7. The molecule has 0 aromatic heterocycles. The molecule has 8 rings (SSSR count). The van der Waals surface area contributed by atoms with Crippen molar-refractivity contribution in [2.24, 2.45) is 46.3 Å². The molecule has 3 saturated carbocycles. The van der Waals surface area contributed by atoms with E-state index in [0.29, 0.717) is 32.1 Å². The van der Waals surface area contributed by atoms with Crippen molar-refractivity contribution in [3.8, 4) is 0 Å². The Balaban J connectivity index is 0.892. The Labute approximate surface area is 390 Å². The lowest BCUT2D eigenvalue weighted by molar-refractivity contribution is -0.337. The van der Waals surface area contributed by atoms with Crippen LogP contribution in [0.5, 0.6) is 0 Å². The predicted octanol–water partition coefficient (Wildman–Crippen LogP) is -3.26. The second-order valence-electron chi connectivity index (χ2n) is 21.5. The molecule has 0 bridgehead atoms. The van der Waals surface area contributed by atoms with Gasteiger partial charge >= 0.3 is 0 Å². The fourth-order valence-electron chi connectivity index (χ4n) is 14.0. The van der Waals surface area contributed by atoms with Crippen LogP contribution >= 0.6 is 0 Å². The van der Waals surface area contributed by atoms with E-state index in [1.165, 1.54) is 0 Å². The van der Waals surface area contributed by atoms with Crippen LogP contribution in [0.15, 0.2) is 11.6 Å². The van der Waals surface area contributed by atoms with Crippen LogP contribution in [0.2, 0.25) is 0 Å². The Morgan fingerprint density at radius 2 is 1.28 bits per heavy atom. The molecule has 7 fully saturated rings. The summed E-state index contributed by atoms with van der Waals surface area (Å²) in [6, 6.07) is 0. The van der Waals surface area contributed by atoms with E-state index in [-0.39, 0.29) is 60.1 Å². The van der Waals surface area contributed by atoms with Crippen LogP contribution < -0.4 is 0 Å². The first-order valence-electron chi connectivity index (χ1n) is 24.1. The van der Waals surface area contributed by atoms with Crippen LogP contribution in [0.4, 0.5) is 0 Å². The molecule has 13 N–H and O–H groups in total. The van der Waals surface area contributed by atoms with Gasteiger partial charge < -0.3 is 104 Å². The number of hydrogen-bond donors (Lipinski definition) is 13. The molecular formula is C46H76O21. The Kier molecular flexibility index (Phi) is 15.6. The third-order valence-electron chi connectivity index (χ3n) is 17.8. The number of methoxy groups -OCH3 is 1. The number of rotatable bonds is 14. The quantitative estimate of drug-likeness (QED) is 0.0760. The fourth-order valence-corrected chi connectivity index (χ4v) is 14.0. The van der Waals surface area contributed by atoms with Crippen LogP contribution in [-0.2, 0) is 37.9 Å². The van der Waals surface area contributed by atoms with E-state index in [1.807, 2.05) is 13.8 Å². The van der Waals surface area contributed by atoms with Crippen molar-refractivity contribution in [3.63, 3.8) is 0 Å². The summed E-state index contributed by atoms with van der Waals surface area (Å²) in [5.74, 6) is -0.972. The number of aliphatic hydroxyl groups excluding tert-OH is 13. The van der Waals surface area contributed by atoms with Gasteiger partial charge in [-0.1, -0.05) is 39.3 Å². The van der Waals surface area contributed by atoms with E-state index in [1.54, 1.807) is 7.11 Å². The normalized spacial score (nSPS) is 54.7. The lowest BCUT2D eigenvalue weighted by atomic mass is 9.45. The molecule has 4 aliphatic heterocycles. The lowest BCUT2D eigenvalue weighted by Gasteiger charge is -2.61. The number of hydrogen-bond acceptors (Lipinski definition) is 21. The molecule has 0 aromatic carbocycles. The topological polar surface area (TPSA) is 337 Å². The monoisotopic (exact) mass is 964 g/mol. The van der Waals surface area contributed by atoms with Crippen molar-refractivity contribution in [2.75, 3.05) is 33.5 Å². The van der Waals surface area contributed by atoms with Gasteiger partial charge in [-0.15, -0.1) is 0 Å². The smallest absolute Gasteiger partial charge is 0.186 e. The maximum Gasteiger partial charge on any atom is 0.186 e. The highest BCUT2D eigenvalue weighted by molar-refractivity contribution is 5.29. The minimum atomic E-state index is -1.73. The van der Waals surface area contributed by atoms with E-state index in [2.05, 4.69) is 19.9 Å². The van der Waals surface area contributed by atoms with Gasteiger partial charge in [-0.2, -0.15) is 0 Å². The Bertz CT molecular complexity index is 1710. The molecule has 386 valence electrons. The molecule has 0 spiro atoms. The van der Waals surface area contributed by atoms with Crippen molar-refractivity contribution < 1.29 is 104 Å². The van der Waals surface area contributed by atoms with Gasteiger partial charge in [0.25, 0.3) is 0 Å². The van der Waals surface area contributed by atoms with Crippen molar-refractivity contribution in [3.05, 3.63) is 11.6 Å². The zero-order chi connectivity index (χ0) is 48.7. The summed E-state index contributed by atoms with van der Waals surface area (Å²) in [6.45, 7) is 6.85. The van der Waals surface area contributed by atoms with Crippen LogP contribution in [0.25, 0.3) is 0 Å². The highest BCUT2D eigenvalue weighted by Crippen LogP contribution is 2.70. The van der Waals surface area contributed by atoms with Gasteiger partial charge in [0.15, 0.2) is 24.7 Å². The molecule has 0 aromatic rings. The minimum Gasteiger partial charge on any atom is -0.394 e. The molecule has 8 aliphatic rings. The summed E-state index contributed by atoms with van der Waals surface area (Å²) >= 11 is 0. The van der Waals surface area contributed by atoms with Crippen molar-refractivity contribution in [1.29, 1.82) is 0 Å².